The van der Waals surface area contributed by atoms with Crippen molar-refractivity contribution >= 4 is 33.5 Å². The molecule has 0 aliphatic heterocycles. The van der Waals surface area contributed by atoms with Crippen molar-refractivity contribution in [2.45, 2.75) is 23.9 Å². The van der Waals surface area contributed by atoms with Crippen molar-refractivity contribution in [2.24, 2.45) is 0 Å². The molecule has 0 amide bonds. The Labute approximate surface area is 118 Å². The fourth-order valence-electron chi connectivity index (χ4n) is 1.38. The van der Waals surface area contributed by atoms with Gasteiger partial charge in [-0.05, 0) is 59.7 Å². The standard InChI is InChI=1S/C13H11BrN2OS/c1-8-5-6-15-13(16-8)18-12-4-3-10(9(2)17)7-11(12)14/h3-7H,1-2H3. The summed E-state index contributed by atoms with van der Waals surface area (Å²) < 4.78 is 0.880. The van der Waals surface area contributed by atoms with E-state index in [4.69, 9.17) is 0 Å². The van der Waals surface area contributed by atoms with E-state index < -0.39 is 0 Å². The lowest BCUT2D eigenvalue weighted by Crippen LogP contribution is -1.92. The van der Waals surface area contributed by atoms with Crippen LogP contribution in [-0.2, 0) is 0 Å². The van der Waals surface area contributed by atoms with Gasteiger partial charge in [0.25, 0.3) is 0 Å². The van der Waals surface area contributed by atoms with Crippen LogP contribution < -0.4 is 0 Å². The number of carbonyl (C=O) groups excluding carboxylic acids is 1. The number of halogens is 1. The fraction of sp³-hybridized carbons (Fsp3) is 0.154. The summed E-state index contributed by atoms with van der Waals surface area (Å²) in [6.07, 6.45) is 1.74. The Bertz CT molecular complexity index is 601. The minimum atomic E-state index is 0.0547. The second-order valence-electron chi connectivity index (χ2n) is 3.78. The Morgan fingerprint density at radius 1 is 1.33 bits per heavy atom. The van der Waals surface area contributed by atoms with Crippen LogP contribution in [0.3, 0.4) is 0 Å². The van der Waals surface area contributed by atoms with Crippen molar-refractivity contribution in [1.82, 2.24) is 9.97 Å². The van der Waals surface area contributed by atoms with Crippen molar-refractivity contribution in [3.63, 3.8) is 0 Å². The number of hydrogen-bond donors (Lipinski definition) is 0. The van der Waals surface area contributed by atoms with Crippen LogP contribution in [-0.4, -0.2) is 15.8 Å². The fourth-order valence-corrected chi connectivity index (χ4v) is 2.79. The Kier molecular flexibility index (Phi) is 4.14. The van der Waals surface area contributed by atoms with Crippen LogP contribution in [0, 0.1) is 6.92 Å². The van der Waals surface area contributed by atoms with E-state index in [1.165, 1.54) is 11.8 Å². The van der Waals surface area contributed by atoms with Crippen LogP contribution in [0.2, 0.25) is 0 Å². The van der Waals surface area contributed by atoms with Gasteiger partial charge in [0.2, 0.25) is 0 Å². The van der Waals surface area contributed by atoms with Crippen LogP contribution >= 0.6 is 27.7 Å². The lowest BCUT2D eigenvalue weighted by molar-refractivity contribution is 0.101. The highest BCUT2D eigenvalue weighted by Crippen LogP contribution is 2.32. The normalized spacial score (nSPS) is 10.4. The molecule has 0 radical (unpaired) electrons. The number of nitrogens with zero attached hydrogens (tertiary/aromatic N) is 2. The highest BCUT2D eigenvalue weighted by Gasteiger charge is 2.07. The van der Waals surface area contributed by atoms with Crippen molar-refractivity contribution in [3.8, 4) is 0 Å². The van der Waals surface area contributed by atoms with Gasteiger partial charge in [0.15, 0.2) is 10.9 Å². The maximum absolute atomic E-state index is 11.3. The molecule has 0 saturated heterocycles. The zero-order valence-electron chi connectivity index (χ0n) is 9.98. The second-order valence-corrected chi connectivity index (χ2v) is 5.65. The molecule has 2 aromatic rings. The molecule has 0 aliphatic carbocycles. The van der Waals surface area contributed by atoms with Crippen molar-refractivity contribution in [1.29, 1.82) is 0 Å². The van der Waals surface area contributed by atoms with Gasteiger partial charge in [0.05, 0.1) is 0 Å². The van der Waals surface area contributed by atoms with Crippen molar-refractivity contribution in [2.75, 3.05) is 0 Å². The van der Waals surface area contributed by atoms with E-state index in [-0.39, 0.29) is 5.78 Å². The van der Waals surface area contributed by atoms with E-state index in [1.54, 1.807) is 13.1 Å². The number of Topliss-reactive ketones (excluding diaryl/α,β-unsaturated/α-hetero) is 1. The summed E-state index contributed by atoms with van der Waals surface area (Å²) in [5, 5.41) is 0.700. The zero-order chi connectivity index (χ0) is 13.1. The number of benzene rings is 1. The highest BCUT2D eigenvalue weighted by molar-refractivity contribution is 9.10. The summed E-state index contributed by atoms with van der Waals surface area (Å²) in [7, 11) is 0. The summed E-state index contributed by atoms with van der Waals surface area (Å²) in [4.78, 5) is 20.8. The SMILES string of the molecule is CC(=O)c1ccc(Sc2nccc(C)n2)c(Br)c1. The third-order valence-corrected chi connectivity index (χ3v) is 4.19. The molecule has 2 rings (SSSR count). The van der Waals surface area contributed by atoms with Gasteiger partial charge in [-0.3, -0.25) is 4.79 Å². The third kappa shape index (κ3) is 3.17. The molecule has 0 unspecified atom stereocenters. The number of aromatic nitrogens is 2. The first-order valence-electron chi connectivity index (χ1n) is 5.34. The van der Waals surface area contributed by atoms with E-state index >= 15 is 0 Å². The summed E-state index contributed by atoms with van der Waals surface area (Å²) >= 11 is 4.93. The van der Waals surface area contributed by atoms with Crippen LogP contribution in [0.1, 0.15) is 23.0 Å². The smallest absolute Gasteiger partial charge is 0.192 e. The second kappa shape index (κ2) is 5.63. The monoisotopic (exact) mass is 322 g/mol. The Balaban J connectivity index is 2.27. The number of rotatable bonds is 3. The molecule has 0 aliphatic rings. The van der Waals surface area contributed by atoms with E-state index in [2.05, 4.69) is 25.9 Å². The number of hydrogen-bond acceptors (Lipinski definition) is 4. The molecule has 3 nitrogen and oxygen atoms in total. The maximum Gasteiger partial charge on any atom is 0.192 e. The number of carbonyl (C=O) groups is 1. The van der Waals surface area contributed by atoms with Gasteiger partial charge >= 0.3 is 0 Å². The van der Waals surface area contributed by atoms with Gasteiger partial charge in [-0.1, -0.05) is 6.07 Å². The Hall–Kier alpha value is -1.20. The predicted octanol–water partition coefficient (Wildman–Crippen LogP) is 3.90. The molecule has 0 bridgehead atoms. The van der Waals surface area contributed by atoms with E-state index in [0.29, 0.717) is 10.7 Å². The minimum absolute atomic E-state index is 0.0547. The first-order valence-corrected chi connectivity index (χ1v) is 6.95. The van der Waals surface area contributed by atoms with Gasteiger partial charge in [-0.15, -0.1) is 0 Å². The van der Waals surface area contributed by atoms with Gasteiger partial charge in [-0.25, -0.2) is 9.97 Å². The summed E-state index contributed by atoms with van der Waals surface area (Å²) in [5.74, 6) is 0.0547. The average Bonchev–Trinajstić information content (AvgIpc) is 2.31. The molecule has 0 N–H and O–H groups in total. The van der Waals surface area contributed by atoms with E-state index in [1.807, 2.05) is 31.2 Å². The molecule has 92 valence electrons. The molecule has 1 heterocycles. The molecule has 18 heavy (non-hydrogen) atoms. The first kappa shape index (κ1) is 13.2. The van der Waals surface area contributed by atoms with E-state index in [9.17, 15) is 4.79 Å². The Morgan fingerprint density at radius 2 is 2.11 bits per heavy atom. The van der Waals surface area contributed by atoms with Crippen LogP contribution in [0.4, 0.5) is 0 Å². The molecule has 5 heteroatoms. The number of aryl methyl sites for hydroxylation is 1. The Morgan fingerprint density at radius 3 is 2.72 bits per heavy atom. The minimum Gasteiger partial charge on any atom is -0.295 e. The van der Waals surface area contributed by atoms with Gasteiger partial charge < -0.3 is 0 Å². The zero-order valence-corrected chi connectivity index (χ0v) is 12.4. The molecular formula is C13H11BrN2OS. The van der Waals surface area contributed by atoms with Gasteiger partial charge in [0.1, 0.15) is 0 Å². The molecule has 1 aromatic heterocycles. The van der Waals surface area contributed by atoms with Crippen LogP contribution in [0.25, 0.3) is 0 Å². The molecule has 0 saturated carbocycles. The summed E-state index contributed by atoms with van der Waals surface area (Å²) in [6, 6.07) is 7.39. The molecular weight excluding hydrogens is 312 g/mol. The van der Waals surface area contributed by atoms with Gasteiger partial charge in [0, 0.05) is 26.8 Å². The molecule has 1 aromatic carbocycles. The summed E-state index contributed by atoms with van der Waals surface area (Å²) in [5.41, 5.74) is 1.63. The predicted molar refractivity (Wildman–Crippen MR) is 75.0 cm³/mol. The van der Waals surface area contributed by atoms with Crippen LogP contribution in [0.15, 0.2) is 45.0 Å². The summed E-state index contributed by atoms with van der Waals surface area (Å²) in [6.45, 7) is 3.48. The van der Waals surface area contributed by atoms with E-state index in [0.717, 1.165) is 15.1 Å². The average molecular weight is 323 g/mol. The topological polar surface area (TPSA) is 42.9 Å². The maximum atomic E-state index is 11.3. The molecule has 0 atom stereocenters. The van der Waals surface area contributed by atoms with Crippen LogP contribution in [0.5, 0.6) is 0 Å². The third-order valence-electron chi connectivity index (χ3n) is 2.31. The van der Waals surface area contributed by atoms with Crippen molar-refractivity contribution < 1.29 is 4.79 Å². The first-order chi connectivity index (χ1) is 8.56. The quantitative estimate of drug-likeness (QED) is 0.635. The van der Waals surface area contributed by atoms with Crippen molar-refractivity contribution in [3.05, 3.63) is 46.2 Å². The molecule has 0 fully saturated rings. The number of ketones is 1. The highest BCUT2D eigenvalue weighted by atomic mass is 79.9. The van der Waals surface area contributed by atoms with Gasteiger partial charge in [-0.2, -0.15) is 0 Å². The largest absolute Gasteiger partial charge is 0.295 e. The lowest BCUT2D eigenvalue weighted by Gasteiger charge is -2.05. The molecule has 0 spiro atoms. The lowest BCUT2D eigenvalue weighted by atomic mass is 10.2.